The number of primary amides is 1. The number of para-hydroxylation sites is 1. The third kappa shape index (κ3) is 4.16. The van der Waals surface area contributed by atoms with Crippen molar-refractivity contribution in [3.05, 3.63) is 53.6 Å². The Labute approximate surface area is 139 Å². The molecule has 0 aliphatic rings. The summed E-state index contributed by atoms with van der Waals surface area (Å²) in [5.74, 6) is 0.884. The summed E-state index contributed by atoms with van der Waals surface area (Å²) >= 11 is 0. The highest BCUT2D eigenvalue weighted by molar-refractivity contribution is 5.96. The molecule has 2 aromatic carbocycles. The van der Waals surface area contributed by atoms with Crippen LogP contribution in [0.5, 0.6) is 11.5 Å². The van der Waals surface area contributed by atoms with Crippen LogP contribution in [0, 0.1) is 0 Å². The normalized spacial score (nSPS) is 9.92. The molecule has 0 aromatic heterocycles. The quantitative estimate of drug-likeness (QED) is 0.755. The Morgan fingerprint density at radius 2 is 1.83 bits per heavy atom. The van der Waals surface area contributed by atoms with E-state index >= 15 is 0 Å². The zero-order chi connectivity index (χ0) is 17.5. The van der Waals surface area contributed by atoms with Crippen molar-refractivity contribution in [2.45, 2.75) is 6.54 Å². The lowest BCUT2D eigenvalue weighted by atomic mass is 10.1. The van der Waals surface area contributed by atoms with Gasteiger partial charge in [-0.3, -0.25) is 4.79 Å². The molecule has 24 heavy (non-hydrogen) atoms. The average molecular weight is 329 g/mol. The lowest BCUT2D eigenvalue weighted by Gasteiger charge is -2.13. The fourth-order valence-corrected chi connectivity index (χ4v) is 2.25. The van der Waals surface area contributed by atoms with Crippen molar-refractivity contribution in [3.8, 4) is 11.5 Å². The molecule has 7 heteroatoms. The largest absolute Gasteiger partial charge is 0.493 e. The molecular formula is C17H19N3O4. The number of nitrogens with one attached hydrogen (secondary N) is 2. The Kier molecular flexibility index (Phi) is 5.62. The van der Waals surface area contributed by atoms with Gasteiger partial charge in [0.25, 0.3) is 5.91 Å². The number of ether oxygens (including phenoxy) is 2. The van der Waals surface area contributed by atoms with Crippen molar-refractivity contribution >= 4 is 17.6 Å². The summed E-state index contributed by atoms with van der Waals surface area (Å²) in [5.41, 5.74) is 6.72. The number of carbonyl (C=O) groups is 2. The summed E-state index contributed by atoms with van der Waals surface area (Å²) in [6.07, 6.45) is 0. The number of nitrogens with two attached hydrogens (primary N) is 1. The van der Waals surface area contributed by atoms with Crippen molar-refractivity contribution in [3.63, 3.8) is 0 Å². The van der Waals surface area contributed by atoms with Gasteiger partial charge in [-0.05, 0) is 24.3 Å². The van der Waals surface area contributed by atoms with E-state index < -0.39 is 6.03 Å². The second-order valence-corrected chi connectivity index (χ2v) is 4.91. The standard InChI is InChI=1S/C17H19N3O4/c1-23-14-8-4-6-12(15(14)24-2)10-19-16(21)11-5-3-7-13(9-11)20-17(18)22/h3-9H,10H2,1-2H3,(H,19,21)(H3,18,20,22). The zero-order valence-corrected chi connectivity index (χ0v) is 13.5. The number of urea groups is 1. The molecule has 0 unspecified atom stereocenters. The number of hydrogen-bond acceptors (Lipinski definition) is 4. The Hall–Kier alpha value is -3.22. The molecule has 126 valence electrons. The highest BCUT2D eigenvalue weighted by atomic mass is 16.5. The number of rotatable bonds is 6. The number of carbonyl (C=O) groups excluding carboxylic acids is 2. The number of anilines is 1. The Morgan fingerprint density at radius 3 is 2.50 bits per heavy atom. The van der Waals surface area contributed by atoms with Crippen LogP contribution in [0.2, 0.25) is 0 Å². The first-order chi connectivity index (χ1) is 11.5. The van der Waals surface area contributed by atoms with Gasteiger partial charge in [-0.2, -0.15) is 0 Å². The van der Waals surface area contributed by atoms with E-state index in [1.54, 1.807) is 44.6 Å². The van der Waals surface area contributed by atoms with E-state index in [4.69, 9.17) is 15.2 Å². The molecule has 0 aliphatic carbocycles. The second kappa shape index (κ2) is 7.87. The molecule has 2 rings (SSSR count). The molecule has 0 spiro atoms. The minimum absolute atomic E-state index is 0.271. The zero-order valence-electron chi connectivity index (χ0n) is 13.5. The van der Waals surface area contributed by atoms with E-state index in [-0.39, 0.29) is 12.5 Å². The van der Waals surface area contributed by atoms with Gasteiger partial charge in [-0.25, -0.2) is 4.79 Å². The van der Waals surface area contributed by atoms with Crippen LogP contribution in [0.25, 0.3) is 0 Å². The first-order valence-corrected chi connectivity index (χ1v) is 7.19. The van der Waals surface area contributed by atoms with Crippen molar-refractivity contribution < 1.29 is 19.1 Å². The Morgan fingerprint density at radius 1 is 1.08 bits per heavy atom. The molecule has 0 saturated heterocycles. The number of methoxy groups -OCH3 is 2. The van der Waals surface area contributed by atoms with Gasteiger partial charge in [0, 0.05) is 23.4 Å². The van der Waals surface area contributed by atoms with Gasteiger partial charge >= 0.3 is 6.03 Å². The fraction of sp³-hybridized carbons (Fsp3) is 0.176. The maximum Gasteiger partial charge on any atom is 0.316 e. The van der Waals surface area contributed by atoms with Crippen LogP contribution >= 0.6 is 0 Å². The summed E-state index contributed by atoms with van der Waals surface area (Å²) in [4.78, 5) is 23.2. The summed E-state index contributed by atoms with van der Waals surface area (Å²) in [7, 11) is 3.10. The average Bonchev–Trinajstić information content (AvgIpc) is 2.58. The molecule has 0 radical (unpaired) electrons. The lowest BCUT2D eigenvalue weighted by Crippen LogP contribution is -2.24. The first-order valence-electron chi connectivity index (χ1n) is 7.19. The third-order valence-electron chi connectivity index (χ3n) is 3.32. The topological polar surface area (TPSA) is 103 Å². The van der Waals surface area contributed by atoms with Crippen LogP contribution < -0.4 is 25.8 Å². The highest BCUT2D eigenvalue weighted by Crippen LogP contribution is 2.30. The summed E-state index contributed by atoms with van der Waals surface area (Å²) in [6, 6.07) is 11.2. The smallest absolute Gasteiger partial charge is 0.316 e. The SMILES string of the molecule is COc1cccc(CNC(=O)c2cccc(NC(N)=O)c2)c1OC. The number of amides is 3. The van der Waals surface area contributed by atoms with Gasteiger partial charge in [0.2, 0.25) is 0 Å². The Bertz CT molecular complexity index is 746. The van der Waals surface area contributed by atoms with Crippen LogP contribution in [0.15, 0.2) is 42.5 Å². The van der Waals surface area contributed by atoms with E-state index in [1.807, 2.05) is 12.1 Å². The van der Waals surface area contributed by atoms with Crippen LogP contribution in [0.1, 0.15) is 15.9 Å². The second-order valence-electron chi connectivity index (χ2n) is 4.91. The van der Waals surface area contributed by atoms with E-state index in [2.05, 4.69) is 10.6 Å². The van der Waals surface area contributed by atoms with E-state index in [0.717, 1.165) is 5.56 Å². The predicted octanol–water partition coefficient (Wildman–Crippen LogP) is 2.12. The maximum atomic E-state index is 12.3. The minimum Gasteiger partial charge on any atom is -0.493 e. The molecule has 0 aliphatic heterocycles. The molecular weight excluding hydrogens is 310 g/mol. The van der Waals surface area contributed by atoms with Gasteiger partial charge in [0.1, 0.15) is 0 Å². The van der Waals surface area contributed by atoms with E-state index in [9.17, 15) is 9.59 Å². The number of hydrogen-bond donors (Lipinski definition) is 3. The van der Waals surface area contributed by atoms with Gasteiger partial charge in [0.05, 0.1) is 14.2 Å². The Balaban J connectivity index is 2.10. The van der Waals surface area contributed by atoms with Gasteiger partial charge in [0.15, 0.2) is 11.5 Å². The third-order valence-corrected chi connectivity index (χ3v) is 3.32. The van der Waals surface area contributed by atoms with Crippen molar-refractivity contribution in [2.24, 2.45) is 5.73 Å². The molecule has 0 bridgehead atoms. The molecule has 0 heterocycles. The molecule has 7 nitrogen and oxygen atoms in total. The van der Waals surface area contributed by atoms with E-state index in [1.165, 1.54) is 0 Å². The summed E-state index contributed by atoms with van der Waals surface area (Å²) in [6.45, 7) is 0.271. The van der Waals surface area contributed by atoms with Crippen molar-refractivity contribution in [2.75, 3.05) is 19.5 Å². The molecule has 2 aromatic rings. The van der Waals surface area contributed by atoms with Crippen LogP contribution in [0.3, 0.4) is 0 Å². The fourth-order valence-electron chi connectivity index (χ4n) is 2.25. The monoisotopic (exact) mass is 329 g/mol. The minimum atomic E-state index is -0.686. The number of benzene rings is 2. The van der Waals surface area contributed by atoms with Gasteiger partial charge in [-0.15, -0.1) is 0 Å². The maximum absolute atomic E-state index is 12.3. The first kappa shape index (κ1) is 17.1. The lowest BCUT2D eigenvalue weighted by molar-refractivity contribution is 0.0950. The van der Waals surface area contributed by atoms with Crippen LogP contribution in [-0.2, 0) is 6.54 Å². The molecule has 4 N–H and O–H groups in total. The molecule has 0 fully saturated rings. The molecule has 3 amide bonds. The molecule has 0 atom stereocenters. The van der Waals surface area contributed by atoms with E-state index in [0.29, 0.717) is 22.7 Å². The van der Waals surface area contributed by atoms with Gasteiger partial charge in [-0.1, -0.05) is 18.2 Å². The van der Waals surface area contributed by atoms with Crippen molar-refractivity contribution in [1.29, 1.82) is 0 Å². The predicted molar refractivity (Wildman–Crippen MR) is 90.4 cm³/mol. The van der Waals surface area contributed by atoms with Crippen molar-refractivity contribution in [1.82, 2.24) is 5.32 Å². The summed E-state index contributed by atoms with van der Waals surface area (Å²) in [5, 5.41) is 5.23. The van der Waals surface area contributed by atoms with Crippen LogP contribution in [-0.4, -0.2) is 26.2 Å². The highest BCUT2D eigenvalue weighted by Gasteiger charge is 2.12. The summed E-state index contributed by atoms with van der Waals surface area (Å²) < 4.78 is 10.6. The molecule has 0 saturated carbocycles. The van der Waals surface area contributed by atoms with Gasteiger partial charge < -0.3 is 25.8 Å². The van der Waals surface area contributed by atoms with Crippen LogP contribution in [0.4, 0.5) is 10.5 Å².